The molecule has 172 valence electrons. The van der Waals surface area contributed by atoms with Crippen molar-refractivity contribution in [1.82, 2.24) is 4.90 Å². The van der Waals surface area contributed by atoms with Gasteiger partial charge in [-0.05, 0) is 67.9 Å². The number of hydrogen-bond donors (Lipinski definition) is 0. The summed E-state index contributed by atoms with van der Waals surface area (Å²) in [6.45, 7) is 5.48. The van der Waals surface area contributed by atoms with Crippen molar-refractivity contribution in [2.24, 2.45) is 4.99 Å². The molecule has 0 aliphatic carbocycles. The van der Waals surface area contributed by atoms with Gasteiger partial charge in [0.25, 0.3) is 5.91 Å². The summed E-state index contributed by atoms with van der Waals surface area (Å²) in [6, 6.07) is 24.2. The molecular weight excluding hydrogens is 482 g/mol. The molecule has 0 spiro atoms. The van der Waals surface area contributed by atoms with Crippen LogP contribution in [0.1, 0.15) is 18.1 Å². The summed E-state index contributed by atoms with van der Waals surface area (Å²) in [5.41, 5.74) is 4.28. The number of aliphatic imine (C=N–C) groups is 1. The lowest BCUT2D eigenvalue weighted by atomic mass is 10.1. The van der Waals surface area contributed by atoms with Crippen molar-refractivity contribution in [2.75, 3.05) is 18.0 Å². The van der Waals surface area contributed by atoms with Gasteiger partial charge in [0.2, 0.25) is 0 Å². The number of fused-ring (bicyclic) bond motifs is 1. The fraction of sp³-hybridized carbons (Fsp3) is 0.185. The summed E-state index contributed by atoms with van der Waals surface area (Å²) in [5, 5.41) is 2.37. The van der Waals surface area contributed by atoms with Crippen LogP contribution in [0, 0.1) is 6.92 Å². The van der Waals surface area contributed by atoms with Crippen LogP contribution in [0.2, 0.25) is 5.02 Å². The first-order valence-electron chi connectivity index (χ1n) is 11.2. The van der Waals surface area contributed by atoms with Gasteiger partial charge in [0.1, 0.15) is 9.93 Å². The molecule has 34 heavy (non-hydrogen) atoms. The highest BCUT2D eigenvalue weighted by Gasteiger charge is 2.39. The van der Waals surface area contributed by atoms with Crippen LogP contribution in [-0.4, -0.2) is 29.1 Å². The molecule has 4 nitrogen and oxygen atoms in total. The highest BCUT2D eigenvalue weighted by molar-refractivity contribution is 8.19. The van der Waals surface area contributed by atoms with Gasteiger partial charge in [-0.15, -0.1) is 0 Å². The predicted molar refractivity (Wildman–Crippen MR) is 145 cm³/mol. The SMILES string of the molecule is CCN1C(=C2SC(=Nc3ccc(C)cc3)N(CCc3ccccc3)C2=O)Sc2ccc(Cl)cc21. The lowest BCUT2D eigenvalue weighted by Crippen LogP contribution is -2.32. The Hall–Kier alpha value is -2.67. The Bertz CT molecular complexity index is 1290. The Morgan fingerprint density at radius 2 is 1.71 bits per heavy atom. The number of rotatable bonds is 5. The monoisotopic (exact) mass is 505 g/mol. The van der Waals surface area contributed by atoms with E-state index in [1.165, 1.54) is 22.9 Å². The van der Waals surface area contributed by atoms with E-state index < -0.39 is 0 Å². The topological polar surface area (TPSA) is 35.9 Å². The number of amides is 1. The highest BCUT2D eigenvalue weighted by atomic mass is 35.5. The molecule has 5 rings (SSSR count). The number of nitrogens with zero attached hydrogens (tertiary/aromatic N) is 3. The largest absolute Gasteiger partial charge is 0.334 e. The van der Waals surface area contributed by atoms with Gasteiger partial charge in [0.05, 0.1) is 11.4 Å². The van der Waals surface area contributed by atoms with E-state index in [9.17, 15) is 4.79 Å². The Balaban J connectivity index is 1.52. The van der Waals surface area contributed by atoms with Crippen molar-refractivity contribution >= 4 is 57.6 Å². The number of amidine groups is 1. The average Bonchev–Trinajstić information content (AvgIpc) is 3.36. The first-order chi connectivity index (χ1) is 16.5. The van der Waals surface area contributed by atoms with Crippen LogP contribution in [0.3, 0.4) is 0 Å². The van der Waals surface area contributed by atoms with Crippen molar-refractivity contribution in [3.63, 3.8) is 0 Å². The molecule has 0 bridgehead atoms. The number of anilines is 1. The first kappa shape index (κ1) is 23.1. The molecule has 3 aromatic carbocycles. The lowest BCUT2D eigenvalue weighted by Gasteiger charge is -2.19. The van der Waals surface area contributed by atoms with Gasteiger partial charge < -0.3 is 4.90 Å². The maximum atomic E-state index is 13.7. The third-order valence-electron chi connectivity index (χ3n) is 5.76. The molecule has 0 radical (unpaired) electrons. The molecule has 0 aromatic heterocycles. The van der Waals surface area contributed by atoms with E-state index >= 15 is 0 Å². The Morgan fingerprint density at radius 1 is 0.941 bits per heavy atom. The fourth-order valence-electron chi connectivity index (χ4n) is 3.97. The van der Waals surface area contributed by atoms with Crippen molar-refractivity contribution in [1.29, 1.82) is 0 Å². The normalized spacial score (nSPS) is 18.8. The minimum atomic E-state index is 0.00615. The lowest BCUT2D eigenvalue weighted by molar-refractivity contribution is -0.122. The third kappa shape index (κ3) is 4.63. The third-order valence-corrected chi connectivity index (χ3v) is 8.38. The van der Waals surface area contributed by atoms with Crippen LogP contribution in [0.5, 0.6) is 0 Å². The molecule has 0 saturated carbocycles. The van der Waals surface area contributed by atoms with Gasteiger partial charge in [0.15, 0.2) is 5.17 Å². The second-order valence-electron chi connectivity index (χ2n) is 8.12. The zero-order valence-electron chi connectivity index (χ0n) is 19.0. The Kier molecular flexibility index (Phi) is 6.73. The average molecular weight is 506 g/mol. The van der Waals surface area contributed by atoms with E-state index in [1.54, 1.807) is 11.8 Å². The highest BCUT2D eigenvalue weighted by Crippen LogP contribution is 2.51. The number of carbonyl (C=O) groups is 1. The van der Waals surface area contributed by atoms with Crippen molar-refractivity contribution in [3.8, 4) is 0 Å². The second kappa shape index (κ2) is 9.90. The number of aryl methyl sites for hydroxylation is 1. The van der Waals surface area contributed by atoms with Gasteiger partial charge in [0, 0.05) is 23.0 Å². The summed E-state index contributed by atoms with van der Waals surface area (Å²) < 4.78 is 0. The van der Waals surface area contributed by atoms with Crippen LogP contribution in [-0.2, 0) is 11.2 Å². The summed E-state index contributed by atoms with van der Waals surface area (Å²) in [5.74, 6) is 0.00615. The molecule has 1 fully saturated rings. The molecule has 1 saturated heterocycles. The molecule has 2 aliphatic rings. The van der Waals surface area contributed by atoms with Gasteiger partial charge in [-0.3, -0.25) is 9.69 Å². The standard InChI is InChI=1S/C27H24ClN3OS2/c1-3-30-22-17-20(28)11-14-23(22)33-26(30)24-25(32)31(16-15-19-7-5-4-6-8-19)27(34-24)29-21-12-9-18(2)10-13-21/h4-14,17H,3,15-16H2,1-2H3. The maximum absolute atomic E-state index is 13.7. The Morgan fingerprint density at radius 3 is 2.44 bits per heavy atom. The molecule has 2 heterocycles. The molecule has 0 unspecified atom stereocenters. The van der Waals surface area contributed by atoms with Crippen LogP contribution in [0.15, 0.2) is 92.6 Å². The maximum Gasteiger partial charge on any atom is 0.269 e. The predicted octanol–water partition coefficient (Wildman–Crippen LogP) is 7.26. The summed E-state index contributed by atoms with van der Waals surface area (Å²) in [7, 11) is 0. The minimum absolute atomic E-state index is 0.00615. The molecule has 2 aliphatic heterocycles. The number of thioether (sulfide) groups is 2. The van der Waals surface area contributed by atoms with Crippen LogP contribution < -0.4 is 4.90 Å². The Labute approximate surface area is 213 Å². The molecule has 0 atom stereocenters. The second-order valence-corrected chi connectivity index (χ2v) is 10.6. The zero-order chi connectivity index (χ0) is 23.7. The molecule has 0 N–H and O–H groups in total. The summed E-state index contributed by atoms with van der Waals surface area (Å²) in [4.78, 5) is 24.5. The van der Waals surface area contributed by atoms with E-state index in [0.717, 1.165) is 44.3 Å². The zero-order valence-corrected chi connectivity index (χ0v) is 21.4. The van der Waals surface area contributed by atoms with E-state index in [4.69, 9.17) is 16.6 Å². The van der Waals surface area contributed by atoms with E-state index in [-0.39, 0.29) is 5.91 Å². The van der Waals surface area contributed by atoms with Crippen molar-refractivity contribution < 1.29 is 4.79 Å². The van der Waals surface area contributed by atoms with Crippen molar-refractivity contribution in [2.45, 2.75) is 25.2 Å². The van der Waals surface area contributed by atoms with Crippen LogP contribution in [0.25, 0.3) is 0 Å². The van der Waals surface area contributed by atoms with E-state index in [2.05, 4.69) is 30.9 Å². The van der Waals surface area contributed by atoms with Crippen LogP contribution in [0.4, 0.5) is 11.4 Å². The smallest absolute Gasteiger partial charge is 0.269 e. The van der Waals surface area contributed by atoms with Gasteiger partial charge in [-0.2, -0.15) is 0 Å². The number of benzene rings is 3. The number of halogens is 1. The van der Waals surface area contributed by atoms with Crippen LogP contribution >= 0.6 is 35.1 Å². The van der Waals surface area contributed by atoms with E-state index in [0.29, 0.717) is 11.6 Å². The quantitative estimate of drug-likeness (QED) is 0.342. The molecule has 1 amide bonds. The minimum Gasteiger partial charge on any atom is -0.334 e. The van der Waals surface area contributed by atoms with Crippen molar-refractivity contribution in [3.05, 3.63) is 98.9 Å². The molecular formula is C27H24ClN3OS2. The fourth-order valence-corrected chi connectivity index (χ4v) is 6.53. The van der Waals surface area contributed by atoms with Gasteiger partial charge in [-0.25, -0.2) is 4.99 Å². The summed E-state index contributed by atoms with van der Waals surface area (Å²) in [6.07, 6.45) is 0.767. The molecule has 7 heteroatoms. The van der Waals surface area contributed by atoms with Gasteiger partial charge >= 0.3 is 0 Å². The number of carbonyl (C=O) groups excluding carboxylic acids is 1. The molecule has 3 aromatic rings. The van der Waals surface area contributed by atoms with Gasteiger partial charge in [-0.1, -0.05) is 71.4 Å². The number of hydrogen-bond acceptors (Lipinski definition) is 5. The first-order valence-corrected chi connectivity index (χ1v) is 13.2. The summed E-state index contributed by atoms with van der Waals surface area (Å²) >= 11 is 9.37. The van der Waals surface area contributed by atoms with E-state index in [1.807, 2.05) is 65.6 Å².